The first kappa shape index (κ1) is 21.2. The molecule has 2 amide bonds. The summed E-state index contributed by atoms with van der Waals surface area (Å²) in [7, 11) is -2.61. The van der Waals surface area contributed by atoms with Crippen LogP contribution in [0.1, 0.15) is 86.0 Å². The number of fused-ring (bicyclic) bond motifs is 1. The third-order valence-corrected chi connectivity index (χ3v) is 10.2. The zero-order valence-electron chi connectivity index (χ0n) is 18.3. The van der Waals surface area contributed by atoms with Crippen LogP contribution in [0.5, 0.6) is 0 Å². The number of carbonyl (C=O) groups is 2. The molecule has 1 aromatic heterocycles. The van der Waals surface area contributed by atoms with Crippen LogP contribution in [0.15, 0.2) is 8.89 Å². The van der Waals surface area contributed by atoms with Crippen LogP contribution in [0.25, 0.3) is 0 Å². The van der Waals surface area contributed by atoms with E-state index >= 15 is 0 Å². The fraction of sp³-hybridized carbons (Fsp3) is 0.783. The summed E-state index contributed by atoms with van der Waals surface area (Å²) in [6, 6.07) is 0. The predicted molar refractivity (Wildman–Crippen MR) is 117 cm³/mol. The quantitative estimate of drug-likeness (QED) is 0.688. The highest BCUT2D eigenvalue weighted by atomic mass is 32.2. The van der Waals surface area contributed by atoms with Crippen LogP contribution < -0.4 is 0 Å². The van der Waals surface area contributed by atoms with Crippen LogP contribution in [-0.4, -0.2) is 50.7 Å². The molecular weight excluding hydrogens is 414 g/mol. The van der Waals surface area contributed by atoms with Crippen molar-refractivity contribution < 1.29 is 18.3 Å². The summed E-state index contributed by atoms with van der Waals surface area (Å²) in [5.74, 6) is 0.628. The van der Waals surface area contributed by atoms with Gasteiger partial charge in [0.2, 0.25) is 5.76 Å². The molecule has 170 valence electrons. The summed E-state index contributed by atoms with van der Waals surface area (Å²) in [6.45, 7) is 0.861. The van der Waals surface area contributed by atoms with Crippen LogP contribution in [0, 0.1) is 11.3 Å². The minimum atomic E-state index is -2.61. The van der Waals surface area contributed by atoms with Gasteiger partial charge < -0.3 is 9.42 Å². The topological polar surface area (TPSA) is 92.8 Å². The second-order valence-electron chi connectivity index (χ2n) is 10.1. The zero-order chi connectivity index (χ0) is 21.5. The lowest BCUT2D eigenvalue weighted by atomic mass is 9.56. The van der Waals surface area contributed by atoms with Crippen molar-refractivity contribution in [2.45, 2.75) is 77.0 Å². The largest absolute Gasteiger partial charge is 0.350 e. The molecule has 1 aliphatic heterocycles. The summed E-state index contributed by atoms with van der Waals surface area (Å²) in [5.41, 5.74) is 2.22. The van der Waals surface area contributed by atoms with Crippen molar-refractivity contribution in [1.82, 2.24) is 10.1 Å². The molecule has 3 aliphatic carbocycles. The Morgan fingerprint density at radius 3 is 2.58 bits per heavy atom. The fourth-order valence-corrected chi connectivity index (χ4v) is 8.00. The Hall–Kier alpha value is -1.70. The van der Waals surface area contributed by atoms with E-state index in [9.17, 15) is 13.8 Å². The third kappa shape index (κ3) is 4.20. The number of aryl methyl sites for hydroxylation is 1. The van der Waals surface area contributed by atoms with Crippen molar-refractivity contribution in [2.24, 2.45) is 15.7 Å². The van der Waals surface area contributed by atoms with Crippen molar-refractivity contribution in [3.8, 4) is 0 Å². The smallest absolute Gasteiger partial charge is 0.292 e. The number of nitrogens with zero attached hydrogens (tertiary/aromatic N) is 3. The number of hydrogen-bond donors (Lipinski definition) is 0. The molecule has 0 N–H and O–H groups in total. The van der Waals surface area contributed by atoms with E-state index in [1.54, 1.807) is 4.90 Å². The summed E-state index contributed by atoms with van der Waals surface area (Å²) < 4.78 is 23.1. The van der Waals surface area contributed by atoms with Gasteiger partial charge in [0, 0.05) is 36.1 Å². The van der Waals surface area contributed by atoms with Crippen LogP contribution in [0.4, 0.5) is 0 Å². The zero-order valence-corrected chi connectivity index (χ0v) is 19.1. The molecular formula is C23H33N3O4S. The van der Waals surface area contributed by atoms with E-state index in [1.165, 1.54) is 32.1 Å². The van der Waals surface area contributed by atoms with Gasteiger partial charge in [-0.05, 0) is 63.2 Å². The molecule has 1 aromatic rings. The highest BCUT2D eigenvalue weighted by Crippen LogP contribution is 2.55. The number of amides is 2. The van der Waals surface area contributed by atoms with Gasteiger partial charge in [-0.15, -0.1) is 0 Å². The Balaban J connectivity index is 1.23. The van der Waals surface area contributed by atoms with Crippen molar-refractivity contribution in [1.29, 1.82) is 0 Å². The van der Waals surface area contributed by atoms with E-state index in [0.29, 0.717) is 36.4 Å². The molecule has 3 fully saturated rings. The van der Waals surface area contributed by atoms with Crippen molar-refractivity contribution >= 4 is 21.5 Å². The van der Waals surface area contributed by atoms with Gasteiger partial charge in [-0.3, -0.25) is 9.59 Å². The molecule has 2 saturated carbocycles. The van der Waals surface area contributed by atoms with Gasteiger partial charge in [0.25, 0.3) is 11.8 Å². The summed E-state index contributed by atoms with van der Waals surface area (Å²) in [4.78, 5) is 27.5. The van der Waals surface area contributed by atoms with E-state index in [2.05, 4.69) is 9.52 Å². The Labute approximate surface area is 184 Å². The molecule has 0 bridgehead atoms. The lowest BCUT2D eigenvalue weighted by molar-refractivity contribution is -0.130. The molecule has 1 unspecified atom stereocenters. The molecule has 5 rings (SSSR count). The monoisotopic (exact) mass is 447 g/mol. The lowest BCUT2D eigenvalue weighted by Gasteiger charge is -2.49. The maximum Gasteiger partial charge on any atom is 0.292 e. The molecule has 0 radical (unpaired) electrons. The number of hydrogen-bond acceptors (Lipinski definition) is 5. The van der Waals surface area contributed by atoms with Gasteiger partial charge in [-0.2, -0.15) is 4.36 Å². The molecule has 7 nitrogen and oxygen atoms in total. The Bertz CT molecular complexity index is 977. The summed E-state index contributed by atoms with van der Waals surface area (Å²) in [5, 5.41) is 4.09. The molecule has 1 atom stereocenters. The molecule has 31 heavy (non-hydrogen) atoms. The van der Waals surface area contributed by atoms with Gasteiger partial charge in [0.05, 0.1) is 15.4 Å². The molecule has 1 spiro atoms. The summed E-state index contributed by atoms with van der Waals surface area (Å²) >= 11 is 0. The van der Waals surface area contributed by atoms with Crippen molar-refractivity contribution in [3.63, 3.8) is 0 Å². The maximum atomic E-state index is 13.4. The van der Waals surface area contributed by atoms with Gasteiger partial charge in [-0.25, -0.2) is 4.21 Å². The van der Waals surface area contributed by atoms with E-state index in [-0.39, 0.29) is 23.5 Å². The lowest BCUT2D eigenvalue weighted by Crippen LogP contribution is -2.42. The van der Waals surface area contributed by atoms with Gasteiger partial charge in [0.1, 0.15) is 0 Å². The van der Waals surface area contributed by atoms with Crippen LogP contribution in [0.2, 0.25) is 0 Å². The normalized spacial score (nSPS) is 28.5. The number of rotatable bonds is 2. The van der Waals surface area contributed by atoms with Gasteiger partial charge in [0.15, 0.2) is 0 Å². The average molecular weight is 448 g/mol. The summed E-state index contributed by atoms with van der Waals surface area (Å²) in [6.07, 6.45) is 12.6. The van der Waals surface area contributed by atoms with Crippen LogP contribution in [0.3, 0.4) is 0 Å². The van der Waals surface area contributed by atoms with Crippen LogP contribution in [-0.2, 0) is 27.4 Å². The second-order valence-corrected chi connectivity index (χ2v) is 12.6. The predicted octanol–water partition coefficient (Wildman–Crippen LogP) is 3.75. The van der Waals surface area contributed by atoms with Gasteiger partial charge in [-0.1, -0.05) is 24.4 Å². The molecule has 4 aliphatic rings. The number of carbonyl (C=O) groups excluding carboxylic acids is 2. The maximum absolute atomic E-state index is 13.4. The molecule has 2 heterocycles. The van der Waals surface area contributed by atoms with Crippen molar-refractivity contribution in [3.05, 3.63) is 17.0 Å². The highest BCUT2D eigenvalue weighted by Gasteiger charge is 2.47. The first-order chi connectivity index (χ1) is 15.0. The minimum absolute atomic E-state index is 0.0434. The van der Waals surface area contributed by atoms with Gasteiger partial charge >= 0.3 is 0 Å². The SMILES string of the molecule is O=C(N=S1(=O)CCCN(C(=O)c2onc3c2CCCC3)CC1)C1CC2(CCCCC2)C1. The highest BCUT2D eigenvalue weighted by molar-refractivity contribution is 7.93. The fourth-order valence-electron chi connectivity index (χ4n) is 6.05. The second kappa shape index (κ2) is 8.34. The molecule has 1 saturated heterocycles. The van der Waals surface area contributed by atoms with E-state index in [1.807, 2.05) is 0 Å². The van der Waals surface area contributed by atoms with Crippen LogP contribution >= 0.6 is 0 Å². The van der Waals surface area contributed by atoms with E-state index in [4.69, 9.17) is 4.52 Å². The molecule has 0 aromatic carbocycles. The Kier molecular flexibility index (Phi) is 5.69. The molecule has 8 heteroatoms. The number of aromatic nitrogens is 1. The Morgan fingerprint density at radius 1 is 1.00 bits per heavy atom. The van der Waals surface area contributed by atoms with Crippen molar-refractivity contribution in [2.75, 3.05) is 24.6 Å². The standard InChI is InChI=1S/C23H33N3O4S/c27-21(17-15-23(16-17)9-4-1-5-10-23)25-31(29)13-6-11-26(12-14-31)22(28)20-18-7-2-3-8-19(18)24-30-20/h17H,1-16H2. The first-order valence-electron chi connectivity index (χ1n) is 12.0. The Morgan fingerprint density at radius 2 is 1.77 bits per heavy atom. The average Bonchev–Trinajstić information content (AvgIpc) is 3.09. The van der Waals surface area contributed by atoms with E-state index in [0.717, 1.165) is 49.8 Å². The van der Waals surface area contributed by atoms with E-state index < -0.39 is 9.73 Å². The third-order valence-electron chi connectivity index (χ3n) is 7.89. The first-order valence-corrected chi connectivity index (χ1v) is 13.9. The minimum Gasteiger partial charge on any atom is -0.350 e.